The molecule has 0 spiro atoms. The molecule has 198 valence electrons. The van der Waals surface area contributed by atoms with Gasteiger partial charge in [0, 0.05) is 0 Å². The SMILES string of the molecule is [CH2]=[Hf]([CH3])([CH3])([CH3])([CH2]C)([CH]1C=Cc2c(-c3ccc(C)cc3)cccc21)[CH]1C=Cc2c(-c3ccc(C)cc3)cccc21. The van der Waals surface area contributed by atoms with E-state index in [1.165, 1.54) is 55.6 Å². The Balaban J connectivity index is 1.54. The maximum absolute atomic E-state index is 5.57. The van der Waals surface area contributed by atoms with Gasteiger partial charge in [-0.1, -0.05) is 0 Å². The normalized spacial score (nSPS) is 20.5. The molecule has 0 radical (unpaired) electrons. The average Bonchev–Trinajstić information content (AvgIpc) is 3.57. The number of hydrogen-bond donors (Lipinski definition) is 0. The summed E-state index contributed by atoms with van der Waals surface area (Å²) in [6.07, 6.45) is 9.87. The number of fused-ring (bicyclic) bond motifs is 2. The molecule has 39 heavy (non-hydrogen) atoms. The summed E-state index contributed by atoms with van der Waals surface area (Å²) in [7, 11) is 0. The molecular formula is C38H42Hf. The Bertz CT molecular complexity index is 1700. The summed E-state index contributed by atoms with van der Waals surface area (Å²) in [5.41, 5.74) is 13.5. The Morgan fingerprint density at radius 1 is 0.590 bits per heavy atom. The van der Waals surface area contributed by atoms with Crippen molar-refractivity contribution in [2.45, 2.75) is 46.3 Å². The molecule has 0 saturated carbocycles. The number of allylic oxidation sites excluding steroid dienone is 2. The Morgan fingerprint density at radius 2 is 0.974 bits per heavy atom. The topological polar surface area (TPSA) is 0 Å². The second-order valence-electron chi connectivity index (χ2n) is 16.0. The van der Waals surface area contributed by atoms with Gasteiger partial charge in [-0.2, -0.15) is 0 Å². The summed E-state index contributed by atoms with van der Waals surface area (Å²) in [6, 6.07) is 31.8. The van der Waals surface area contributed by atoms with Gasteiger partial charge >= 0.3 is 231 Å². The van der Waals surface area contributed by atoms with Gasteiger partial charge in [0.1, 0.15) is 0 Å². The molecule has 4 aromatic rings. The van der Waals surface area contributed by atoms with Gasteiger partial charge in [-0.05, 0) is 0 Å². The van der Waals surface area contributed by atoms with Gasteiger partial charge < -0.3 is 0 Å². The quantitative estimate of drug-likeness (QED) is 0.185. The van der Waals surface area contributed by atoms with Crippen LogP contribution in [0.2, 0.25) is 18.2 Å². The van der Waals surface area contributed by atoms with E-state index in [0.29, 0.717) is 7.35 Å². The summed E-state index contributed by atoms with van der Waals surface area (Å²) >= 11 is -5.05. The Morgan fingerprint density at radius 3 is 1.33 bits per heavy atom. The summed E-state index contributed by atoms with van der Waals surface area (Å²) in [5, 5.41) is 0. The average molecular weight is 677 g/mol. The Hall–Kier alpha value is -2.90. The molecule has 2 aliphatic carbocycles. The van der Waals surface area contributed by atoms with Gasteiger partial charge in [-0.25, -0.2) is 0 Å². The van der Waals surface area contributed by atoms with Crippen LogP contribution >= 0.6 is 0 Å². The van der Waals surface area contributed by atoms with Crippen molar-refractivity contribution in [2.24, 2.45) is 0 Å². The summed E-state index contributed by atoms with van der Waals surface area (Å²) < 4.78 is 15.2. The molecule has 0 N–H and O–H groups in total. The van der Waals surface area contributed by atoms with E-state index in [-0.39, 0.29) is 0 Å². The fourth-order valence-electron chi connectivity index (χ4n) is 7.79. The first kappa shape index (κ1) is 26.3. The summed E-state index contributed by atoms with van der Waals surface area (Å²) in [6.45, 7) is 6.73. The van der Waals surface area contributed by atoms with Crippen LogP contribution in [0, 0.1) is 13.8 Å². The van der Waals surface area contributed by atoms with Gasteiger partial charge in [-0.3, -0.25) is 0 Å². The fraction of sp³-hybridized carbons (Fsp3) is 0.237. The zero-order valence-corrected chi connectivity index (χ0v) is 28.1. The van der Waals surface area contributed by atoms with Crippen molar-refractivity contribution in [3.63, 3.8) is 0 Å². The molecule has 0 saturated heterocycles. The van der Waals surface area contributed by atoms with Crippen molar-refractivity contribution in [3.8, 4) is 22.3 Å². The van der Waals surface area contributed by atoms with E-state index < -0.39 is 15.1 Å². The molecule has 0 heterocycles. The van der Waals surface area contributed by atoms with Crippen molar-refractivity contribution in [1.82, 2.24) is 0 Å². The number of benzene rings is 4. The van der Waals surface area contributed by atoms with Crippen molar-refractivity contribution >= 4 is 16.4 Å². The van der Waals surface area contributed by atoms with Crippen molar-refractivity contribution in [2.75, 3.05) is 0 Å². The van der Waals surface area contributed by atoms with E-state index in [9.17, 15) is 0 Å². The second kappa shape index (κ2) is 7.64. The van der Waals surface area contributed by atoms with Gasteiger partial charge in [0.25, 0.3) is 0 Å². The van der Waals surface area contributed by atoms with Gasteiger partial charge in [-0.15, -0.1) is 0 Å². The van der Waals surface area contributed by atoms with E-state index in [1.807, 2.05) is 0 Å². The first-order valence-corrected chi connectivity index (χ1v) is 34.6. The van der Waals surface area contributed by atoms with E-state index >= 15 is 0 Å². The van der Waals surface area contributed by atoms with Crippen LogP contribution in [0.5, 0.6) is 0 Å². The van der Waals surface area contributed by atoms with Gasteiger partial charge in [0.2, 0.25) is 0 Å². The Kier molecular flexibility index (Phi) is 5.16. The van der Waals surface area contributed by atoms with Crippen LogP contribution in [0.3, 0.4) is 0 Å². The third-order valence-electron chi connectivity index (χ3n) is 11.4. The molecule has 2 unspecified atom stereocenters. The van der Waals surface area contributed by atoms with Crippen molar-refractivity contribution in [1.29, 1.82) is 0 Å². The van der Waals surface area contributed by atoms with Crippen LogP contribution in [0.15, 0.2) is 97.1 Å². The Labute approximate surface area is 229 Å². The van der Waals surface area contributed by atoms with Crippen LogP contribution in [-0.4, -0.2) is 4.26 Å². The van der Waals surface area contributed by atoms with Gasteiger partial charge in [0.15, 0.2) is 0 Å². The third-order valence-corrected chi connectivity index (χ3v) is 49.7. The molecule has 0 aliphatic heterocycles. The predicted octanol–water partition coefficient (Wildman–Crippen LogP) is 11.2. The molecule has 0 bridgehead atoms. The third kappa shape index (κ3) is 3.76. The van der Waals surface area contributed by atoms with Crippen molar-refractivity contribution in [3.05, 3.63) is 130 Å². The maximum atomic E-state index is 5.57. The molecule has 0 fully saturated rings. The minimum absolute atomic E-state index is 0.309. The van der Waals surface area contributed by atoms with Gasteiger partial charge in [0.05, 0.1) is 0 Å². The van der Waals surface area contributed by atoms with E-state index in [2.05, 4.69) is 144 Å². The second-order valence-corrected chi connectivity index (χ2v) is 70.3. The molecule has 2 aliphatic rings. The molecule has 2 atom stereocenters. The standard InChI is InChI=1S/2C16H13.C2H5.3CH3.CH2.Hf/c2*1-12-8-10-14(11-9-12)16-7-3-5-13-4-2-6-15(13)16;1-2;;;;;/h2*2-11H,1H3;1H2,2H3;3*1H3;1H2;. The van der Waals surface area contributed by atoms with Crippen LogP contribution in [0.25, 0.3) is 34.4 Å². The fourth-order valence-corrected chi connectivity index (χ4v) is 32.9. The molecule has 0 aromatic heterocycles. The van der Waals surface area contributed by atoms with Crippen LogP contribution in [-0.2, 0) is 15.1 Å². The first-order chi connectivity index (χ1) is 18.3. The van der Waals surface area contributed by atoms with Crippen LogP contribution in [0.1, 0.15) is 47.7 Å². The first-order valence-electron chi connectivity index (χ1n) is 14.6. The zero-order chi connectivity index (χ0) is 27.7. The summed E-state index contributed by atoms with van der Waals surface area (Å²) in [5.74, 6) is 0. The number of aryl methyl sites for hydroxylation is 2. The molecule has 0 nitrogen and oxygen atoms in total. The van der Waals surface area contributed by atoms with E-state index in [0.717, 1.165) is 4.18 Å². The molecule has 1 heteroatoms. The monoisotopic (exact) mass is 678 g/mol. The van der Waals surface area contributed by atoms with E-state index in [4.69, 9.17) is 4.26 Å². The number of rotatable bonds is 5. The zero-order valence-electron chi connectivity index (χ0n) is 24.5. The predicted molar refractivity (Wildman–Crippen MR) is 172 cm³/mol. The van der Waals surface area contributed by atoms with Crippen molar-refractivity contribution < 1.29 is 15.1 Å². The number of hydrogen-bond acceptors (Lipinski definition) is 0. The molecular weight excluding hydrogens is 635 g/mol. The molecule has 0 amide bonds. The van der Waals surface area contributed by atoms with Crippen LogP contribution in [0.4, 0.5) is 0 Å². The molecule has 6 rings (SSSR count). The minimum atomic E-state index is -5.05. The van der Waals surface area contributed by atoms with Crippen LogP contribution < -0.4 is 0 Å². The van der Waals surface area contributed by atoms with E-state index in [1.54, 1.807) is 0 Å². The summed E-state index contributed by atoms with van der Waals surface area (Å²) in [4.78, 5) is 0. The molecule has 4 aromatic carbocycles.